The van der Waals surface area contributed by atoms with E-state index in [0.717, 1.165) is 5.56 Å². The van der Waals surface area contributed by atoms with Crippen molar-refractivity contribution in [2.45, 2.75) is 13.0 Å². The number of para-hydroxylation sites is 1. The molecular formula is C22H22N2O5S2. The fraction of sp³-hybridized carbons (Fsp3) is 0.227. The number of carbonyl (C=O) groups excluding carboxylic acids is 1. The highest BCUT2D eigenvalue weighted by Gasteiger charge is 2.16. The van der Waals surface area contributed by atoms with Crippen LogP contribution in [-0.4, -0.2) is 31.8 Å². The minimum atomic E-state index is -0.278. The average Bonchev–Trinajstić information content (AvgIpc) is 2.77. The number of anilines is 1. The van der Waals surface area contributed by atoms with Gasteiger partial charge in [-0.25, -0.2) is 0 Å². The lowest BCUT2D eigenvalue weighted by atomic mass is 10.1. The van der Waals surface area contributed by atoms with Gasteiger partial charge in [0.05, 0.1) is 21.3 Å². The minimum absolute atomic E-state index is 0.134. The Bertz CT molecular complexity index is 1130. The molecule has 0 spiro atoms. The van der Waals surface area contributed by atoms with Gasteiger partial charge in [0.25, 0.3) is 5.56 Å². The van der Waals surface area contributed by atoms with E-state index in [1.165, 1.54) is 43.3 Å². The molecular weight excluding hydrogens is 436 g/mol. The zero-order valence-corrected chi connectivity index (χ0v) is 19.0. The highest BCUT2D eigenvalue weighted by molar-refractivity contribution is 7.73. The first kappa shape index (κ1) is 22.5. The molecule has 0 aliphatic rings. The molecule has 2 aromatic carbocycles. The first-order valence-corrected chi connectivity index (χ1v) is 10.6. The summed E-state index contributed by atoms with van der Waals surface area (Å²) < 4.78 is 17.9. The minimum Gasteiger partial charge on any atom is -0.493 e. The van der Waals surface area contributed by atoms with Gasteiger partial charge < -0.3 is 19.5 Å². The highest BCUT2D eigenvalue weighted by Crippen LogP contribution is 2.41. The molecule has 0 bridgehead atoms. The summed E-state index contributed by atoms with van der Waals surface area (Å²) in [6.07, 6.45) is 0.134. The quantitative estimate of drug-likeness (QED) is 0.506. The van der Waals surface area contributed by atoms with E-state index in [1.54, 1.807) is 24.3 Å². The number of nitrogens with zero attached hydrogens (tertiary/aromatic N) is 1. The van der Waals surface area contributed by atoms with Crippen LogP contribution in [0.5, 0.6) is 17.2 Å². The molecule has 0 fully saturated rings. The predicted octanol–water partition coefficient (Wildman–Crippen LogP) is 4.36. The third kappa shape index (κ3) is 5.31. The summed E-state index contributed by atoms with van der Waals surface area (Å²) >= 11 is 6.72. The topological polar surface area (TPSA) is 78.8 Å². The SMILES string of the molecule is COc1cc(-c2cc(=O)n(CCC(=O)Nc3ccccc3)c(=S)s2)cc(OC)c1OC. The van der Waals surface area contributed by atoms with Crippen molar-refractivity contribution in [2.24, 2.45) is 0 Å². The number of ether oxygens (including phenoxy) is 3. The van der Waals surface area contributed by atoms with E-state index in [1.807, 2.05) is 18.2 Å². The molecule has 1 N–H and O–H groups in total. The van der Waals surface area contributed by atoms with E-state index in [-0.39, 0.29) is 24.4 Å². The van der Waals surface area contributed by atoms with Crippen molar-refractivity contribution in [1.82, 2.24) is 4.57 Å². The number of nitrogens with one attached hydrogen (secondary N) is 1. The molecule has 0 aliphatic heterocycles. The first-order valence-electron chi connectivity index (χ1n) is 9.37. The zero-order valence-electron chi connectivity index (χ0n) is 17.3. The van der Waals surface area contributed by atoms with Crippen LogP contribution in [0.4, 0.5) is 5.69 Å². The van der Waals surface area contributed by atoms with E-state index in [2.05, 4.69) is 5.32 Å². The first-order chi connectivity index (χ1) is 15.0. The molecule has 0 saturated carbocycles. The summed E-state index contributed by atoms with van der Waals surface area (Å²) in [5, 5.41) is 2.80. The van der Waals surface area contributed by atoms with E-state index < -0.39 is 0 Å². The van der Waals surface area contributed by atoms with E-state index in [4.69, 9.17) is 26.4 Å². The molecule has 1 aromatic heterocycles. The van der Waals surface area contributed by atoms with Crippen LogP contribution in [0.3, 0.4) is 0 Å². The second kappa shape index (κ2) is 10.2. The van der Waals surface area contributed by atoms with Gasteiger partial charge in [-0.1, -0.05) is 18.2 Å². The van der Waals surface area contributed by atoms with Crippen molar-refractivity contribution < 1.29 is 19.0 Å². The number of rotatable bonds is 8. The van der Waals surface area contributed by atoms with E-state index in [9.17, 15) is 9.59 Å². The second-order valence-electron chi connectivity index (χ2n) is 6.44. The molecule has 0 atom stereocenters. The number of benzene rings is 2. The molecule has 0 radical (unpaired) electrons. The number of aromatic nitrogens is 1. The maximum atomic E-state index is 12.7. The molecule has 1 heterocycles. The van der Waals surface area contributed by atoms with Gasteiger partial charge in [-0.2, -0.15) is 0 Å². The van der Waals surface area contributed by atoms with Crippen molar-refractivity contribution in [3.63, 3.8) is 0 Å². The molecule has 31 heavy (non-hydrogen) atoms. The van der Waals surface area contributed by atoms with Crippen LogP contribution in [0.25, 0.3) is 10.4 Å². The molecule has 7 nitrogen and oxygen atoms in total. The Kier molecular flexibility index (Phi) is 7.43. The van der Waals surface area contributed by atoms with Crippen molar-refractivity contribution in [2.75, 3.05) is 26.6 Å². The van der Waals surface area contributed by atoms with Crippen LogP contribution < -0.4 is 25.1 Å². The van der Waals surface area contributed by atoms with Crippen LogP contribution in [0.15, 0.2) is 53.3 Å². The van der Waals surface area contributed by atoms with Crippen molar-refractivity contribution in [3.05, 3.63) is 62.8 Å². The van der Waals surface area contributed by atoms with Crippen molar-refractivity contribution in [1.29, 1.82) is 0 Å². The normalized spacial score (nSPS) is 10.4. The molecule has 0 saturated heterocycles. The maximum Gasteiger partial charge on any atom is 0.253 e. The number of amides is 1. The summed E-state index contributed by atoms with van der Waals surface area (Å²) in [4.78, 5) is 25.6. The number of hydrogen-bond acceptors (Lipinski definition) is 7. The molecule has 3 aromatic rings. The van der Waals surface area contributed by atoms with Gasteiger partial charge in [-0.3, -0.25) is 14.2 Å². The number of methoxy groups -OCH3 is 3. The van der Waals surface area contributed by atoms with E-state index >= 15 is 0 Å². The van der Waals surface area contributed by atoms with Crippen LogP contribution in [0.2, 0.25) is 0 Å². The van der Waals surface area contributed by atoms with Gasteiger partial charge in [0.1, 0.15) is 0 Å². The van der Waals surface area contributed by atoms with E-state index in [0.29, 0.717) is 31.8 Å². The summed E-state index contributed by atoms with van der Waals surface area (Å²) in [7, 11) is 4.59. The fourth-order valence-electron chi connectivity index (χ4n) is 2.98. The lowest BCUT2D eigenvalue weighted by Gasteiger charge is -2.14. The largest absolute Gasteiger partial charge is 0.493 e. The molecule has 162 valence electrons. The Morgan fingerprint density at radius 3 is 2.23 bits per heavy atom. The molecule has 0 unspecified atom stereocenters. The van der Waals surface area contributed by atoms with Crippen LogP contribution in [-0.2, 0) is 11.3 Å². The lowest BCUT2D eigenvalue weighted by molar-refractivity contribution is -0.116. The van der Waals surface area contributed by atoms with Gasteiger partial charge in [0.15, 0.2) is 15.5 Å². The molecule has 0 aliphatic carbocycles. The van der Waals surface area contributed by atoms with Crippen LogP contribution in [0.1, 0.15) is 6.42 Å². The predicted molar refractivity (Wildman–Crippen MR) is 124 cm³/mol. The third-order valence-corrected chi connectivity index (χ3v) is 5.95. The summed E-state index contributed by atoms with van der Waals surface area (Å²) in [6.45, 7) is 0.197. The Morgan fingerprint density at radius 2 is 1.68 bits per heavy atom. The molecule has 3 rings (SSSR count). The standard InChI is InChI=1S/C22H22N2O5S2/c1-27-16-11-14(12-17(28-2)21(16)29-3)18-13-20(26)24(22(30)31-18)10-9-19(25)23-15-7-5-4-6-8-15/h4-8,11-13H,9-10H2,1-3H3,(H,23,25). The fourth-order valence-corrected chi connectivity index (χ4v) is 4.31. The van der Waals surface area contributed by atoms with Crippen molar-refractivity contribution >= 4 is 35.1 Å². The smallest absolute Gasteiger partial charge is 0.253 e. The maximum absolute atomic E-state index is 12.7. The average molecular weight is 459 g/mol. The Balaban J connectivity index is 1.83. The third-order valence-electron chi connectivity index (χ3n) is 4.51. The Morgan fingerprint density at radius 1 is 1.03 bits per heavy atom. The van der Waals surface area contributed by atoms with Gasteiger partial charge >= 0.3 is 0 Å². The second-order valence-corrected chi connectivity index (χ2v) is 8.12. The van der Waals surface area contributed by atoms with Crippen LogP contribution in [0, 0.1) is 3.95 Å². The monoisotopic (exact) mass is 458 g/mol. The van der Waals surface area contributed by atoms with Crippen LogP contribution >= 0.6 is 23.6 Å². The Hall–Kier alpha value is -3.17. The Labute approximate surface area is 188 Å². The molecule has 9 heteroatoms. The number of hydrogen-bond donors (Lipinski definition) is 1. The number of carbonyl (C=O) groups is 1. The highest BCUT2D eigenvalue weighted by atomic mass is 32.1. The van der Waals surface area contributed by atoms with Gasteiger partial charge in [0.2, 0.25) is 11.7 Å². The van der Waals surface area contributed by atoms with Crippen molar-refractivity contribution in [3.8, 4) is 27.7 Å². The summed E-state index contributed by atoms with van der Waals surface area (Å²) in [6, 6.07) is 14.2. The summed E-state index contributed by atoms with van der Waals surface area (Å²) in [5.41, 5.74) is 1.15. The molecule has 1 amide bonds. The van der Waals surface area contributed by atoms with Gasteiger partial charge in [-0.15, -0.1) is 11.3 Å². The zero-order chi connectivity index (χ0) is 22.4. The summed E-state index contributed by atoms with van der Waals surface area (Å²) in [5.74, 6) is 1.25. The van der Waals surface area contributed by atoms with Gasteiger partial charge in [0, 0.05) is 29.6 Å². The van der Waals surface area contributed by atoms with Gasteiger partial charge in [-0.05, 0) is 42.0 Å². The lowest BCUT2D eigenvalue weighted by Crippen LogP contribution is -2.22.